The second-order valence-electron chi connectivity index (χ2n) is 13.9. The van der Waals surface area contributed by atoms with Crippen LogP contribution in [0.15, 0.2) is 78.9 Å². The highest BCUT2D eigenvalue weighted by Crippen LogP contribution is 2.34. The average molecular weight is 661 g/mol. The summed E-state index contributed by atoms with van der Waals surface area (Å²) in [6, 6.07) is 23.7. The van der Waals surface area contributed by atoms with Gasteiger partial charge in [0.1, 0.15) is 18.1 Å². The van der Waals surface area contributed by atoms with Crippen LogP contribution in [0.5, 0.6) is 0 Å². The predicted molar refractivity (Wildman–Crippen MR) is 191 cm³/mol. The van der Waals surface area contributed by atoms with Gasteiger partial charge in [-0.3, -0.25) is 24.1 Å². The van der Waals surface area contributed by atoms with Crippen molar-refractivity contribution in [3.8, 4) is 11.3 Å². The van der Waals surface area contributed by atoms with Gasteiger partial charge in [0.25, 0.3) is 0 Å². The minimum Gasteiger partial charge on any atom is -0.355 e. The summed E-state index contributed by atoms with van der Waals surface area (Å²) in [5, 5.41) is 7.02. The number of nitrogens with zero attached hydrogens (tertiary/aromatic N) is 3. The minimum atomic E-state index is -0.532. The molecule has 2 saturated heterocycles. The number of likely N-dealkylation sites (N-methyl/N-ethyl adjacent to an activating group) is 1. The number of aromatic nitrogens is 1. The van der Waals surface area contributed by atoms with Crippen LogP contribution in [0.2, 0.25) is 0 Å². The van der Waals surface area contributed by atoms with Gasteiger partial charge in [0.05, 0.1) is 0 Å². The second kappa shape index (κ2) is 13.9. The van der Waals surface area contributed by atoms with Crippen LogP contribution < -0.4 is 10.6 Å². The summed E-state index contributed by atoms with van der Waals surface area (Å²) in [5.74, 6) is 0.223. The Hall–Kier alpha value is -4.96. The Morgan fingerprint density at radius 2 is 1.41 bits per heavy atom. The largest absolute Gasteiger partial charge is 0.355 e. The molecule has 3 aliphatic rings. The van der Waals surface area contributed by atoms with Crippen molar-refractivity contribution in [1.29, 1.82) is 0 Å². The molecule has 3 fully saturated rings. The van der Waals surface area contributed by atoms with Crippen molar-refractivity contribution < 1.29 is 19.2 Å². The number of rotatable bonds is 10. The normalized spacial score (nSPS) is 19.7. The third-order valence-corrected chi connectivity index (χ3v) is 10.1. The molecule has 1 aromatic heterocycles. The molecule has 2 aliphatic heterocycles. The molecule has 3 N–H and O–H groups in total. The molecule has 254 valence electrons. The van der Waals surface area contributed by atoms with Crippen LogP contribution in [-0.2, 0) is 19.2 Å². The summed E-state index contributed by atoms with van der Waals surface area (Å²) < 4.78 is 0. The van der Waals surface area contributed by atoms with Gasteiger partial charge in [-0.15, -0.1) is 0 Å². The molecule has 1 unspecified atom stereocenters. The molecule has 0 bridgehead atoms. The van der Waals surface area contributed by atoms with Crippen molar-refractivity contribution in [3.63, 3.8) is 0 Å². The minimum absolute atomic E-state index is 0.0651. The molecule has 1 saturated carbocycles. The maximum atomic E-state index is 13.7. The van der Waals surface area contributed by atoms with E-state index >= 15 is 0 Å². The SMILES string of the molecule is CN(C)[C@H](C(=O)N1CCCC1C(=O)Nc1ccc2[nH]c(-c3ccc(NC(=O)[C@@H]4CCCN4C(=O)CC4CC4)cc3)cc2c1)c1ccccc1. The number of carbonyl (C=O) groups excluding carboxylic acids is 4. The summed E-state index contributed by atoms with van der Waals surface area (Å²) in [6.07, 6.45) is 5.74. The number of hydrogen-bond acceptors (Lipinski definition) is 5. The monoisotopic (exact) mass is 660 g/mol. The van der Waals surface area contributed by atoms with Crippen molar-refractivity contribution in [2.45, 2.75) is 63.1 Å². The van der Waals surface area contributed by atoms with E-state index in [0.29, 0.717) is 49.6 Å². The predicted octanol–water partition coefficient (Wildman–Crippen LogP) is 5.80. The smallest absolute Gasteiger partial charge is 0.247 e. The number of anilines is 2. The van der Waals surface area contributed by atoms with E-state index in [2.05, 4.69) is 15.6 Å². The molecular weight excluding hydrogens is 616 g/mol. The van der Waals surface area contributed by atoms with E-state index in [9.17, 15) is 19.2 Å². The molecule has 4 amide bonds. The Kier molecular flexibility index (Phi) is 9.23. The Balaban J connectivity index is 0.990. The molecule has 10 heteroatoms. The Morgan fingerprint density at radius 1 is 0.776 bits per heavy atom. The fourth-order valence-electron chi connectivity index (χ4n) is 7.33. The van der Waals surface area contributed by atoms with Gasteiger partial charge in [0.2, 0.25) is 23.6 Å². The third kappa shape index (κ3) is 7.10. The van der Waals surface area contributed by atoms with Crippen LogP contribution in [-0.4, -0.2) is 82.6 Å². The Morgan fingerprint density at radius 3 is 2.08 bits per heavy atom. The lowest BCUT2D eigenvalue weighted by molar-refractivity contribution is -0.140. The third-order valence-electron chi connectivity index (χ3n) is 10.1. The van der Waals surface area contributed by atoms with Gasteiger partial charge in [-0.25, -0.2) is 0 Å². The van der Waals surface area contributed by atoms with E-state index in [-0.39, 0.29) is 23.6 Å². The lowest BCUT2D eigenvalue weighted by Crippen LogP contribution is -2.47. The summed E-state index contributed by atoms with van der Waals surface area (Å²) in [7, 11) is 3.77. The van der Waals surface area contributed by atoms with Crippen LogP contribution in [0.1, 0.15) is 56.6 Å². The molecule has 4 aromatic rings. The first-order valence-corrected chi connectivity index (χ1v) is 17.4. The first-order chi connectivity index (χ1) is 23.7. The number of hydrogen-bond donors (Lipinski definition) is 3. The summed E-state index contributed by atoms with van der Waals surface area (Å²) in [6.45, 7) is 1.20. The van der Waals surface area contributed by atoms with Crippen LogP contribution in [0.25, 0.3) is 22.2 Å². The van der Waals surface area contributed by atoms with E-state index in [1.807, 2.05) is 97.9 Å². The topological polar surface area (TPSA) is 118 Å². The van der Waals surface area contributed by atoms with Crippen LogP contribution in [0.4, 0.5) is 11.4 Å². The lowest BCUT2D eigenvalue weighted by Gasteiger charge is -2.31. The van der Waals surface area contributed by atoms with Crippen molar-refractivity contribution in [3.05, 3.63) is 84.4 Å². The molecule has 3 heterocycles. The molecule has 0 spiro atoms. The van der Waals surface area contributed by atoms with E-state index < -0.39 is 18.1 Å². The maximum absolute atomic E-state index is 13.7. The zero-order valence-corrected chi connectivity index (χ0v) is 28.2. The molecule has 49 heavy (non-hydrogen) atoms. The van der Waals surface area contributed by atoms with Crippen LogP contribution in [0, 0.1) is 5.92 Å². The first-order valence-electron chi connectivity index (χ1n) is 17.4. The number of benzene rings is 3. The average Bonchev–Trinajstić information content (AvgIpc) is 3.47. The zero-order valence-electron chi connectivity index (χ0n) is 28.2. The zero-order chi connectivity index (χ0) is 34.1. The van der Waals surface area contributed by atoms with Gasteiger partial charge in [-0.1, -0.05) is 42.5 Å². The Bertz CT molecular complexity index is 1850. The summed E-state index contributed by atoms with van der Waals surface area (Å²) in [5.41, 5.74) is 5.06. The van der Waals surface area contributed by atoms with E-state index in [4.69, 9.17) is 0 Å². The number of nitrogens with one attached hydrogen (secondary N) is 3. The molecule has 10 nitrogen and oxygen atoms in total. The van der Waals surface area contributed by atoms with Crippen molar-refractivity contribution in [2.24, 2.45) is 5.92 Å². The van der Waals surface area contributed by atoms with Gasteiger partial charge >= 0.3 is 0 Å². The van der Waals surface area contributed by atoms with E-state index in [1.54, 1.807) is 9.80 Å². The van der Waals surface area contributed by atoms with Gasteiger partial charge in [-0.05, 0) is 106 Å². The second-order valence-corrected chi connectivity index (χ2v) is 13.9. The highest BCUT2D eigenvalue weighted by atomic mass is 16.2. The molecule has 7 rings (SSSR count). The first kappa shape index (κ1) is 32.6. The number of amides is 4. The van der Waals surface area contributed by atoms with Gasteiger partial charge in [0.15, 0.2) is 0 Å². The fourth-order valence-corrected chi connectivity index (χ4v) is 7.33. The molecular formula is C39H44N6O4. The van der Waals surface area contributed by atoms with Crippen molar-refractivity contribution in [1.82, 2.24) is 19.7 Å². The molecule has 0 radical (unpaired) electrons. The fraction of sp³-hybridized carbons (Fsp3) is 0.385. The quantitative estimate of drug-likeness (QED) is 0.199. The van der Waals surface area contributed by atoms with Gasteiger partial charge in [0, 0.05) is 47.5 Å². The Labute approximate surface area is 286 Å². The van der Waals surface area contributed by atoms with Crippen LogP contribution in [0.3, 0.4) is 0 Å². The number of likely N-dealkylation sites (tertiary alicyclic amines) is 2. The van der Waals surface area contributed by atoms with Crippen molar-refractivity contribution >= 4 is 45.9 Å². The summed E-state index contributed by atoms with van der Waals surface area (Å²) >= 11 is 0. The standard InChI is InChI=1S/C39H44N6O4/c1-43(2)36(27-8-4-3-5-9-27)39(49)45-21-7-11-34(45)38(48)41-30-18-19-31-28(23-30)24-32(42-31)26-14-16-29(17-15-26)40-37(47)33-10-6-20-44(33)35(46)22-25-12-13-25/h3-5,8-9,14-19,23-25,33-34,36,42H,6-7,10-13,20-22H2,1-2H3,(H,40,47)(H,41,48)/t33-,34?,36-/m0/s1. The highest BCUT2D eigenvalue weighted by molar-refractivity contribution is 6.00. The molecule has 3 aromatic carbocycles. The van der Waals surface area contributed by atoms with Crippen molar-refractivity contribution in [2.75, 3.05) is 37.8 Å². The number of H-pyrrole nitrogens is 1. The molecule has 1 aliphatic carbocycles. The highest BCUT2D eigenvalue weighted by Gasteiger charge is 2.39. The van der Waals surface area contributed by atoms with Gasteiger partial charge in [-0.2, -0.15) is 0 Å². The maximum Gasteiger partial charge on any atom is 0.247 e. The van der Waals surface area contributed by atoms with Crippen LogP contribution >= 0.6 is 0 Å². The van der Waals surface area contributed by atoms with E-state index in [1.165, 1.54) is 0 Å². The number of fused-ring (bicyclic) bond motifs is 1. The molecule has 3 atom stereocenters. The number of aromatic amines is 1. The number of carbonyl (C=O) groups is 4. The summed E-state index contributed by atoms with van der Waals surface area (Å²) in [4.78, 5) is 61.9. The lowest BCUT2D eigenvalue weighted by atomic mass is 10.0. The van der Waals surface area contributed by atoms with Gasteiger partial charge < -0.3 is 25.4 Å². The van der Waals surface area contributed by atoms with E-state index in [0.717, 1.165) is 53.4 Å².